The van der Waals surface area contributed by atoms with E-state index in [1.54, 1.807) is 10.9 Å². The second kappa shape index (κ2) is 3.93. The summed E-state index contributed by atoms with van der Waals surface area (Å²) in [7, 11) is 0. The minimum Gasteiger partial charge on any atom is -0.235 e. The first-order valence-corrected chi connectivity index (χ1v) is 3.23. The van der Waals surface area contributed by atoms with Gasteiger partial charge in [0.2, 0.25) is 5.82 Å². The second-order valence-electron chi connectivity index (χ2n) is 2.03. The summed E-state index contributed by atoms with van der Waals surface area (Å²) in [6.07, 6.45) is 1.16. The van der Waals surface area contributed by atoms with Crippen LogP contribution in [0.5, 0.6) is 0 Å². The summed E-state index contributed by atoms with van der Waals surface area (Å²) in [5, 5.41) is 25.0. The standard InChI is InChI=1S/C4H4N6O4/c11-9(12)7-3-1-2-5-6-4(3)8-10(13)14/h1-2H,(H,5,7)(H,6,8). The van der Waals surface area contributed by atoms with Crippen LogP contribution in [0.3, 0.4) is 0 Å². The van der Waals surface area contributed by atoms with Crippen molar-refractivity contribution in [3.05, 3.63) is 32.5 Å². The smallest absolute Gasteiger partial charge is 0.235 e. The third-order valence-corrected chi connectivity index (χ3v) is 1.13. The normalized spacial score (nSPS) is 9.14. The number of aromatic nitrogens is 2. The Labute approximate surface area is 76.2 Å². The molecule has 1 aromatic heterocycles. The van der Waals surface area contributed by atoms with Crippen molar-refractivity contribution in [2.75, 3.05) is 10.9 Å². The molecule has 0 amide bonds. The van der Waals surface area contributed by atoms with Crippen LogP contribution in [-0.2, 0) is 0 Å². The van der Waals surface area contributed by atoms with Gasteiger partial charge in [0.15, 0.2) is 15.8 Å². The number of hydrogen-bond donors (Lipinski definition) is 2. The van der Waals surface area contributed by atoms with E-state index in [9.17, 15) is 20.2 Å². The fraction of sp³-hybridized carbons (Fsp3) is 0. The van der Waals surface area contributed by atoms with Crippen LogP contribution in [0.25, 0.3) is 0 Å². The molecule has 10 heteroatoms. The summed E-state index contributed by atoms with van der Waals surface area (Å²) in [6.45, 7) is 0. The molecule has 10 nitrogen and oxygen atoms in total. The average Bonchev–Trinajstić information content (AvgIpc) is 2.06. The molecular formula is C4H4N6O4. The molecule has 0 aromatic carbocycles. The molecule has 0 bridgehead atoms. The number of nitrogens with one attached hydrogen (secondary N) is 2. The van der Waals surface area contributed by atoms with E-state index in [1.807, 2.05) is 0 Å². The summed E-state index contributed by atoms with van der Waals surface area (Å²) in [5.74, 6) is -0.325. The van der Waals surface area contributed by atoms with Crippen LogP contribution in [0.4, 0.5) is 11.5 Å². The number of nitrogens with zero attached hydrogens (tertiary/aromatic N) is 4. The van der Waals surface area contributed by atoms with Crippen LogP contribution in [-0.4, -0.2) is 20.3 Å². The molecule has 0 aliphatic carbocycles. The Morgan fingerprint density at radius 3 is 2.43 bits per heavy atom. The number of rotatable bonds is 4. The molecule has 0 unspecified atom stereocenters. The lowest BCUT2D eigenvalue weighted by Gasteiger charge is -2.00. The van der Waals surface area contributed by atoms with Gasteiger partial charge in [0.1, 0.15) is 0 Å². The van der Waals surface area contributed by atoms with E-state index in [-0.39, 0.29) is 11.5 Å². The van der Waals surface area contributed by atoms with Crippen LogP contribution < -0.4 is 10.9 Å². The molecule has 0 atom stereocenters. The highest BCUT2D eigenvalue weighted by Crippen LogP contribution is 2.15. The first-order chi connectivity index (χ1) is 6.59. The molecule has 1 heterocycles. The Kier molecular flexibility index (Phi) is 2.69. The van der Waals surface area contributed by atoms with Crippen LogP contribution in [0.15, 0.2) is 12.3 Å². The fourth-order valence-electron chi connectivity index (χ4n) is 0.689. The number of nitro groups is 2. The monoisotopic (exact) mass is 200 g/mol. The number of hydrazine groups is 2. The Bertz CT molecular complexity index is 332. The highest BCUT2D eigenvalue weighted by Gasteiger charge is 2.12. The molecule has 0 spiro atoms. The molecule has 0 saturated carbocycles. The van der Waals surface area contributed by atoms with Gasteiger partial charge in [-0.2, -0.15) is 5.10 Å². The van der Waals surface area contributed by atoms with Gasteiger partial charge < -0.3 is 0 Å². The molecule has 74 valence electrons. The molecule has 0 aliphatic rings. The molecule has 0 radical (unpaired) electrons. The predicted octanol–water partition coefficient (Wildman–Crippen LogP) is -0.316. The van der Waals surface area contributed by atoms with E-state index in [0.29, 0.717) is 0 Å². The largest absolute Gasteiger partial charge is 0.241 e. The third kappa shape index (κ3) is 2.51. The van der Waals surface area contributed by atoms with Gasteiger partial charge in [-0.05, 0) is 6.07 Å². The topological polar surface area (TPSA) is 136 Å². The third-order valence-electron chi connectivity index (χ3n) is 1.13. The van der Waals surface area contributed by atoms with Crippen molar-refractivity contribution in [3.63, 3.8) is 0 Å². The molecule has 1 aromatic rings. The molecule has 0 fully saturated rings. The van der Waals surface area contributed by atoms with Crippen molar-refractivity contribution in [2.24, 2.45) is 0 Å². The van der Waals surface area contributed by atoms with Gasteiger partial charge in [-0.15, -0.1) is 10.5 Å². The molecule has 0 aliphatic heterocycles. The fourth-order valence-corrected chi connectivity index (χ4v) is 0.689. The van der Waals surface area contributed by atoms with Gasteiger partial charge in [0.05, 0.1) is 6.20 Å². The van der Waals surface area contributed by atoms with Gasteiger partial charge in [0.25, 0.3) is 0 Å². The van der Waals surface area contributed by atoms with Crippen molar-refractivity contribution < 1.29 is 10.1 Å². The quantitative estimate of drug-likeness (QED) is 0.498. The van der Waals surface area contributed by atoms with Crippen LogP contribution in [0.1, 0.15) is 0 Å². The SMILES string of the molecule is O=[N+]([O-])Nc1ccnnc1N[N+](=O)[O-]. The van der Waals surface area contributed by atoms with Crippen molar-refractivity contribution in [1.82, 2.24) is 10.2 Å². The molecular weight excluding hydrogens is 196 g/mol. The highest BCUT2D eigenvalue weighted by molar-refractivity contribution is 5.60. The van der Waals surface area contributed by atoms with E-state index in [1.165, 1.54) is 6.07 Å². The van der Waals surface area contributed by atoms with E-state index in [0.717, 1.165) is 6.20 Å². The van der Waals surface area contributed by atoms with Crippen LogP contribution in [0.2, 0.25) is 0 Å². The van der Waals surface area contributed by atoms with E-state index >= 15 is 0 Å². The van der Waals surface area contributed by atoms with Crippen molar-refractivity contribution in [3.8, 4) is 0 Å². The zero-order valence-corrected chi connectivity index (χ0v) is 6.58. The van der Waals surface area contributed by atoms with E-state index in [4.69, 9.17) is 0 Å². The predicted molar refractivity (Wildman–Crippen MR) is 43.3 cm³/mol. The van der Waals surface area contributed by atoms with Crippen molar-refractivity contribution in [2.45, 2.75) is 0 Å². The zero-order chi connectivity index (χ0) is 10.6. The minimum atomic E-state index is -0.894. The van der Waals surface area contributed by atoms with E-state index in [2.05, 4.69) is 10.2 Å². The number of anilines is 2. The highest BCUT2D eigenvalue weighted by atomic mass is 16.7. The zero-order valence-electron chi connectivity index (χ0n) is 6.58. The Morgan fingerprint density at radius 2 is 1.86 bits per heavy atom. The molecule has 14 heavy (non-hydrogen) atoms. The lowest BCUT2D eigenvalue weighted by atomic mass is 10.4. The first-order valence-electron chi connectivity index (χ1n) is 3.23. The Balaban J connectivity index is 2.90. The summed E-state index contributed by atoms with van der Waals surface area (Å²) in [6, 6.07) is 1.18. The average molecular weight is 200 g/mol. The summed E-state index contributed by atoms with van der Waals surface area (Å²) in [4.78, 5) is 20.1. The lowest BCUT2D eigenvalue weighted by Crippen LogP contribution is -2.15. The van der Waals surface area contributed by atoms with Crippen molar-refractivity contribution in [1.29, 1.82) is 0 Å². The summed E-state index contributed by atoms with van der Waals surface area (Å²) >= 11 is 0. The molecule has 1 rings (SSSR count). The van der Waals surface area contributed by atoms with Gasteiger partial charge >= 0.3 is 0 Å². The second-order valence-corrected chi connectivity index (χ2v) is 2.03. The van der Waals surface area contributed by atoms with Gasteiger partial charge in [-0.1, -0.05) is 5.43 Å². The summed E-state index contributed by atoms with van der Waals surface area (Å²) < 4.78 is 0. The van der Waals surface area contributed by atoms with Crippen LogP contribution in [0, 0.1) is 20.2 Å². The Hall–Kier alpha value is -2.52. The Morgan fingerprint density at radius 1 is 1.21 bits per heavy atom. The molecule has 0 saturated heterocycles. The van der Waals surface area contributed by atoms with Crippen LogP contribution >= 0.6 is 0 Å². The van der Waals surface area contributed by atoms with Crippen molar-refractivity contribution >= 4 is 11.5 Å². The minimum absolute atomic E-state index is 0.137. The maximum absolute atomic E-state index is 10.1. The summed E-state index contributed by atoms with van der Waals surface area (Å²) in [5.41, 5.74) is 3.25. The maximum Gasteiger partial charge on any atom is 0.241 e. The van der Waals surface area contributed by atoms with Gasteiger partial charge in [-0.25, -0.2) is 20.2 Å². The lowest BCUT2D eigenvalue weighted by molar-refractivity contribution is -0.449. The van der Waals surface area contributed by atoms with Gasteiger partial charge in [-0.3, -0.25) is 0 Å². The number of hydrogen-bond acceptors (Lipinski definition) is 6. The first kappa shape index (κ1) is 9.57. The van der Waals surface area contributed by atoms with E-state index < -0.39 is 10.1 Å². The maximum atomic E-state index is 10.1. The van der Waals surface area contributed by atoms with Gasteiger partial charge in [0, 0.05) is 0 Å². The molecule has 2 N–H and O–H groups in total.